The smallest absolute Gasteiger partial charge is 0.337 e. The number of hydrogen-bond donors (Lipinski definition) is 3. The Kier molecular flexibility index (Phi) is 4.59. The van der Waals surface area contributed by atoms with Crippen molar-refractivity contribution < 1.29 is 14.7 Å². The highest BCUT2D eigenvalue weighted by Gasteiger charge is 2.13. The van der Waals surface area contributed by atoms with E-state index < -0.39 is 12.0 Å². The van der Waals surface area contributed by atoms with Gasteiger partial charge >= 0.3 is 12.0 Å². The number of carboxylic acids is 1. The SMILES string of the molecule is C=C(Br)CNC(=O)Nc1cc2ccccc2cc1C(=O)O. The van der Waals surface area contributed by atoms with Gasteiger partial charge in [-0.05, 0) is 22.9 Å². The maximum atomic E-state index is 11.8. The van der Waals surface area contributed by atoms with Gasteiger partial charge in [-0.15, -0.1) is 0 Å². The number of rotatable bonds is 4. The first-order valence-corrected chi connectivity index (χ1v) is 6.91. The third kappa shape index (κ3) is 3.82. The van der Waals surface area contributed by atoms with Crippen molar-refractivity contribution in [3.8, 4) is 0 Å². The first-order chi connectivity index (χ1) is 9.97. The number of amides is 2. The number of benzene rings is 2. The fraction of sp³-hybridized carbons (Fsp3) is 0.0667. The van der Waals surface area contributed by atoms with Crippen molar-refractivity contribution >= 4 is 44.4 Å². The molecule has 21 heavy (non-hydrogen) atoms. The highest BCUT2D eigenvalue weighted by Crippen LogP contribution is 2.24. The maximum Gasteiger partial charge on any atom is 0.337 e. The van der Waals surface area contributed by atoms with Gasteiger partial charge in [0, 0.05) is 4.48 Å². The molecule has 0 heterocycles. The van der Waals surface area contributed by atoms with Crippen LogP contribution in [0.4, 0.5) is 10.5 Å². The van der Waals surface area contributed by atoms with Gasteiger partial charge in [-0.25, -0.2) is 9.59 Å². The van der Waals surface area contributed by atoms with E-state index in [-0.39, 0.29) is 17.8 Å². The third-order valence-corrected chi connectivity index (χ3v) is 3.09. The second kappa shape index (κ2) is 6.41. The van der Waals surface area contributed by atoms with Gasteiger partial charge in [0.2, 0.25) is 0 Å². The minimum absolute atomic E-state index is 0.0431. The van der Waals surface area contributed by atoms with Crippen LogP contribution in [0, 0.1) is 0 Å². The van der Waals surface area contributed by atoms with Gasteiger partial charge in [-0.1, -0.05) is 46.8 Å². The lowest BCUT2D eigenvalue weighted by atomic mass is 10.0. The summed E-state index contributed by atoms with van der Waals surface area (Å²) in [4.78, 5) is 23.1. The van der Waals surface area contributed by atoms with E-state index in [1.165, 1.54) is 6.07 Å². The number of urea groups is 1. The van der Waals surface area contributed by atoms with Crippen LogP contribution < -0.4 is 10.6 Å². The summed E-state index contributed by atoms with van der Waals surface area (Å²) >= 11 is 3.13. The lowest BCUT2D eigenvalue weighted by Gasteiger charge is -2.11. The molecule has 2 aromatic carbocycles. The molecule has 0 aromatic heterocycles. The predicted molar refractivity (Wildman–Crippen MR) is 86.0 cm³/mol. The van der Waals surface area contributed by atoms with Crippen LogP contribution in [0.2, 0.25) is 0 Å². The molecule has 0 atom stereocenters. The second-order valence-electron chi connectivity index (χ2n) is 4.38. The summed E-state index contributed by atoms with van der Waals surface area (Å²) in [5.41, 5.74) is 0.292. The molecule has 0 radical (unpaired) electrons. The highest BCUT2D eigenvalue weighted by atomic mass is 79.9. The zero-order chi connectivity index (χ0) is 15.4. The van der Waals surface area contributed by atoms with Crippen molar-refractivity contribution in [3.63, 3.8) is 0 Å². The normalized spacial score (nSPS) is 10.1. The number of carboxylic acid groups (broad SMARTS) is 1. The van der Waals surface area contributed by atoms with Crippen LogP contribution in [-0.4, -0.2) is 23.7 Å². The van der Waals surface area contributed by atoms with Crippen LogP contribution in [0.1, 0.15) is 10.4 Å². The molecule has 2 aromatic rings. The van der Waals surface area contributed by atoms with E-state index >= 15 is 0 Å². The van der Waals surface area contributed by atoms with Crippen LogP contribution >= 0.6 is 15.9 Å². The molecule has 2 rings (SSSR count). The fourth-order valence-corrected chi connectivity index (χ4v) is 2.00. The van der Waals surface area contributed by atoms with Gasteiger partial charge in [0.05, 0.1) is 17.8 Å². The van der Waals surface area contributed by atoms with E-state index in [9.17, 15) is 14.7 Å². The Labute approximate surface area is 129 Å². The molecule has 0 saturated carbocycles. The van der Waals surface area contributed by atoms with Crippen LogP contribution in [0.3, 0.4) is 0 Å². The van der Waals surface area contributed by atoms with E-state index in [1.54, 1.807) is 6.07 Å². The van der Waals surface area contributed by atoms with Crippen molar-refractivity contribution in [1.82, 2.24) is 5.32 Å². The monoisotopic (exact) mass is 348 g/mol. The number of aromatic carboxylic acids is 1. The molecule has 6 heteroatoms. The quantitative estimate of drug-likeness (QED) is 0.790. The first-order valence-electron chi connectivity index (χ1n) is 6.11. The van der Waals surface area contributed by atoms with E-state index in [0.29, 0.717) is 4.48 Å². The largest absolute Gasteiger partial charge is 0.478 e. The van der Waals surface area contributed by atoms with E-state index in [2.05, 4.69) is 33.1 Å². The predicted octanol–water partition coefficient (Wildman–Crippen LogP) is 3.57. The van der Waals surface area contributed by atoms with Crippen LogP contribution in [-0.2, 0) is 0 Å². The Morgan fingerprint density at radius 1 is 1.19 bits per heavy atom. The summed E-state index contributed by atoms with van der Waals surface area (Å²) in [6.45, 7) is 3.85. The summed E-state index contributed by atoms with van der Waals surface area (Å²) in [5, 5.41) is 16.0. The summed E-state index contributed by atoms with van der Waals surface area (Å²) in [6, 6.07) is 10.0. The Morgan fingerprint density at radius 3 is 2.38 bits per heavy atom. The lowest BCUT2D eigenvalue weighted by molar-refractivity contribution is 0.0698. The summed E-state index contributed by atoms with van der Waals surface area (Å²) in [7, 11) is 0. The molecule has 3 N–H and O–H groups in total. The average Bonchev–Trinajstić information content (AvgIpc) is 2.44. The zero-order valence-electron chi connectivity index (χ0n) is 11.0. The van der Waals surface area contributed by atoms with Crippen molar-refractivity contribution in [2.24, 2.45) is 0 Å². The first kappa shape index (κ1) is 15.1. The van der Waals surface area contributed by atoms with Crippen LogP contribution in [0.5, 0.6) is 0 Å². The number of nitrogens with one attached hydrogen (secondary N) is 2. The minimum Gasteiger partial charge on any atom is -0.478 e. The number of carbonyl (C=O) groups excluding carboxylic acids is 1. The summed E-state index contributed by atoms with van der Waals surface area (Å²) < 4.78 is 0.620. The molecule has 108 valence electrons. The summed E-state index contributed by atoms with van der Waals surface area (Å²) in [5.74, 6) is -1.10. The molecule has 0 aliphatic rings. The Bertz CT molecular complexity index is 728. The van der Waals surface area contributed by atoms with Gasteiger partial charge in [0.1, 0.15) is 0 Å². The minimum atomic E-state index is -1.10. The molecule has 0 unspecified atom stereocenters. The Morgan fingerprint density at radius 2 is 1.81 bits per heavy atom. The molecule has 0 aliphatic heterocycles. The van der Waals surface area contributed by atoms with Crippen molar-refractivity contribution in [2.75, 3.05) is 11.9 Å². The van der Waals surface area contributed by atoms with E-state index in [0.717, 1.165) is 10.8 Å². The standard InChI is InChI=1S/C15H13BrN2O3/c1-9(16)8-17-15(21)18-13-7-11-5-3-2-4-10(11)6-12(13)14(19)20/h2-7H,1,8H2,(H,19,20)(H2,17,18,21). The molecule has 2 amide bonds. The topological polar surface area (TPSA) is 78.4 Å². The van der Waals surface area contributed by atoms with Gasteiger partial charge in [-0.3, -0.25) is 0 Å². The zero-order valence-corrected chi connectivity index (χ0v) is 12.6. The second-order valence-corrected chi connectivity index (χ2v) is 5.50. The fourth-order valence-electron chi connectivity index (χ4n) is 1.86. The van der Waals surface area contributed by atoms with Gasteiger partial charge in [-0.2, -0.15) is 0 Å². The van der Waals surface area contributed by atoms with Crippen molar-refractivity contribution in [3.05, 3.63) is 53.0 Å². The summed E-state index contributed by atoms with van der Waals surface area (Å²) in [6.07, 6.45) is 0. The van der Waals surface area contributed by atoms with Crippen LogP contribution in [0.15, 0.2) is 47.5 Å². The molecule has 0 fully saturated rings. The van der Waals surface area contributed by atoms with Crippen molar-refractivity contribution in [1.29, 1.82) is 0 Å². The van der Waals surface area contributed by atoms with Gasteiger partial charge in [0.15, 0.2) is 0 Å². The number of hydrogen-bond acceptors (Lipinski definition) is 2. The van der Waals surface area contributed by atoms with E-state index in [4.69, 9.17) is 0 Å². The number of carbonyl (C=O) groups is 2. The van der Waals surface area contributed by atoms with Crippen molar-refractivity contribution in [2.45, 2.75) is 0 Å². The molecule has 5 nitrogen and oxygen atoms in total. The Hall–Kier alpha value is -2.34. The number of halogens is 1. The van der Waals surface area contributed by atoms with E-state index in [1.807, 2.05) is 24.3 Å². The number of fused-ring (bicyclic) bond motifs is 1. The third-order valence-electron chi connectivity index (χ3n) is 2.81. The molecule has 0 aliphatic carbocycles. The molecule has 0 spiro atoms. The maximum absolute atomic E-state index is 11.8. The highest BCUT2D eigenvalue weighted by molar-refractivity contribution is 9.11. The number of anilines is 1. The molecule has 0 saturated heterocycles. The molecule has 0 bridgehead atoms. The molecular formula is C15H13BrN2O3. The Balaban J connectivity index is 2.32. The van der Waals surface area contributed by atoms with Gasteiger partial charge < -0.3 is 15.7 Å². The van der Waals surface area contributed by atoms with Gasteiger partial charge in [0.25, 0.3) is 0 Å². The average molecular weight is 349 g/mol. The van der Waals surface area contributed by atoms with Crippen LogP contribution in [0.25, 0.3) is 10.8 Å². The lowest BCUT2D eigenvalue weighted by Crippen LogP contribution is -2.30. The molecular weight excluding hydrogens is 336 g/mol.